The zero-order valence-electron chi connectivity index (χ0n) is 14.1. The number of pyridine rings is 1. The minimum absolute atomic E-state index is 0.0311. The second-order valence-electron chi connectivity index (χ2n) is 5.66. The van der Waals surface area contributed by atoms with E-state index in [1.165, 1.54) is 18.2 Å². The molecule has 138 valence electrons. The Labute approximate surface area is 162 Å². The largest absolute Gasteiger partial charge is 0.348 e. The van der Waals surface area contributed by atoms with E-state index in [4.69, 9.17) is 11.6 Å². The van der Waals surface area contributed by atoms with Crippen molar-refractivity contribution in [2.45, 2.75) is 11.4 Å². The van der Waals surface area contributed by atoms with Crippen molar-refractivity contribution in [2.75, 3.05) is 4.72 Å². The van der Waals surface area contributed by atoms with Gasteiger partial charge in [-0.1, -0.05) is 35.9 Å². The number of carbonyl (C=O) groups excluding carboxylic acids is 1. The first-order valence-corrected chi connectivity index (χ1v) is 9.86. The Bertz CT molecular complexity index is 1060. The van der Waals surface area contributed by atoms with E-state index in [0.717, 1.165) is 5.56 Å². The van der Waals surface area contributed by atoms with Crippen LogP contribution in [0.2, 0.25) is 5.02 Å². The summed E-state index contributed by atoms with van der Waals surface area (Å²) in [6.07, 6.45) is 3.29. The maximum atomic E-state index is 12.6. The monoisotopic (exact) mass is 401 g/mol. The molecule has 1 amide bonds. The average Bonchev–Trinajstić information content (AvgIpc) is 2.69. The van der Waals surface area contributed by atoms with E-state index < -0.39 is 10.0 Å². The molecule has 1 aromatic heterocycles. The highest BCUT2D eigenvalue weighted by Crippen LogP contribution is 2.24. The Morgan fingerprint density at radius 1 is 1.04 bits per heavy atom. The van der Waals surface area contributed by atoms with Gasteiger partial charge in [0.1, 0.15) is 0 Å². The predicted molar refractivity (Wildman–Crippen MR) is 104 cm³/mol. The van der Waals surface area contributed by atoms with Crippen LogP contribution in [-0.4, -0.2) is 19.3 Å². The van der Waals surface area contributed by atoms with E-state index in [-0.39, 0.29) is 27.1 Å². The second-order valence-corrected chi connectivity index (χ2v) is 7.75. The molecule has 0 unspecified atom stereocenters. The molecular formula is C19H16ClN3O3S. The van der Waals surface area contributed by atoms with Crippen molar-refractivity contribution in [3.63, 3.8) is 0 Å². The van der Waals surface area contributed by atoms with Gasteiger partial charge in [0.05, 0.1) is 15.6 Å². The van der Waals surface area contributed by atoms with Crippen molar-refractivity contribution in [1.82, 2.24) is 10.3 Å². The molecule has 2 aromatic carbocycles. The van der Waals surface area contributed by atoms with Crippen LogP contribution in [-0.2, 0) is 16.6 Å². The van der Waals surface area contributed by atoms with Crippen molar-refractivity contribution in [3.8, 4) is 0 Å². The minimum atomic E-state index is -3.88. The van der Waals surface area contributed by atoms with Gasteiger partial charge in [-0.3, -0.25) is 14.5 Å². The van der Waals surface area contributed by atoms with Gasteiger partial charge in [0.25, 0.3) is 15.9 Å². The van der Waals surface area contributed by atoms with Crippen LogP contribution in [0.1, 0.15) is 15.9 Å². The van der Waals surface area contributed by atoms with E-state index in [9.17, 15) is 13.2 Å². The first-order valence-electron chi connectivity index (χ1n) is 8.00. The zero-order chi connectivity index (χ0) is 19.3. The van der Waals surface area contributed by atoms with E-state index in [2.05, 4.69) is 15.0 Å². The molecule has 0 atom stereocenters. The number of hydrogen-bond donors (Lipinski definition) is 2. The number of nitrogens with one attached hydrogen (secondary N) is 2. The fraction of sp³-hybridized carbons (Fsp3) is 0.0526. The molecule has 0 saturated carbocycles. The van der Waals surface area contributed by atoms with Crippen LogP contribution in [0.3, 0.4) is 0 Å². The molecule has 8 heteroatoms. The van der Waals surface area contributed by atoms with Crippen LogP contribution in [0.15, 0.2) is 78.0 Å². The van der Waals surface area contributed by atoms with E-state index in [1.54, 1.807) is 48.8 Å². The minimum Gasteiger partial charge on any atom is -0.348 e. The molecule has 27 heavy (non-hydrogen) atoms. The molecule has 2 N–H and O–H groups in total. The summed E-state index contributed by atoms with van der Waals surface area (Å²) in [4.78, 5) is 16.3. The normalized spacial score (nSPS) is 11.0. The molecule has 1 heterocycles. The number of amides is 1. The molecule has 0 saturated heterocycles. The Morgan fingerprint density at radius 3 is 2.59 bits per heavy atom. The molecule has 0 bridgehead atoms. The van der Waals surface area contributed by atoms with Gasteiger partial charge >= 0.3 is 0 Å². The van der Waals surface area contributed by atoms with Gasteiger partial charge in [0, 0.05) is 24.5 Å². The Balaban J connectivity index is 1.76. The highest BCUT2D eigenvalue weighted by Gasteiger charge is 2.17. The van der Waals surface area contributed by atoms with Crippen molar-refractivity contribution < 1.29 is 13.2 Å². The number of nitrogens with zero attached hydrogens (tertiary/aromatic N) is 1. The lowest BCUT2D eigenvalue weighted by Gasteiger charge is -2.11. The van der Waals surface area contributed by atoms with Crippen molar-refractivity contribution in [1.29, 1.82) is 0 Å². The van der Waals surface area contributed by atoms with E-state index >= 15 is 0 Å². The molecular weight excluding hydrogens is 386 g/mol. The number of anilines is 1. The molecule has 0 fully saturated rings. The summed E-state index contributed by atoms with van der Waals surface area (Å²) < 4.78 is 27.6. The van der Waals surface area contributed by atoms with Gasteiger partial charge in [-0.2, -0.15) is 0 Å². The number of para-hydroxylation sites is 1. The highest BCUT2D eigenvalue weighted by atomic mass is 35.5. The molecule has 3 rings (SSSR count). The molecule has 0 radical (unpaired) electrons. The Kier molecular flexibility index (Phi) is 5.73. The van der Waals surface area contributed by atoms with E-state index in [0.29, 0.717) is 6.54 Å². The average molecular weight is 402 g/mol. The van der Waals surface area contributed by atoms with Crippen LogP contribution < -0.4 is 10.0 Å². The van der Waals surface area contributed by atoms with Gasteiger partial charge in [0.2, 0.25) is 0 Å². The Hall–Kier alpha value is -2.90. The van der Waals surface area contributed by atoms with E-state index in [1.807, 2.05) is 6.07 Å². The third kappa shape index (κ3) is 4.84. The standard InChI is InChI=1S/C19H16ClN3O3S/c20-17-8-1-2-9-18(17)23-27(25,26)16-7-3-6-15(11-16)19(24)22-13-14-5-4-10-21-12-14/h1-12,23H,13H2,(H,22,24). The number of rotatable bonds is 6. The van der Waals surface area contributed by atoms with Crippen LogP contribution in [0.25, 0.3) is 0 Å². The SMILES string of the molecule is O=C(NCc1cccnc1)c1cccc(S(=O)(=O)Nc2ccccc2Cl)c1. The molecule has 3 aromatic rings. The van der Waals surface area contributed by atoms with Gasteiger partial charge in [-0.15, -0.1) is 0 Å². The summed E-state index contributed by atoms with van der Waals surface area (Å²) in [7, 11) is -3.88. The van der Waals surface area contributed by atoms with Gasteiger partial charge in [-0.25, -0.2) is 8.42 Å². The molecule has 0 aliphatic carbocycles. The van der Waals surface area contributed by atoms with Gasteiger partial charge < -0.3 is 5.32 Å². The molecule has 0 aliphatic heterocycles. The summed E-state index contributed by atoms with van der Waals surface area (Å²) in [6.45, 7) is 0.293. The predicted octanol–water partition coefficient (Wildman–Crippen LogP) is 3.47. The van der Waals surface area contributed by atoms with Crippen molar-refractivity contribution >= 4 is 33.2 Å². The molecule has 0 aliphatic rings. The summed E-state index contributed by atoms with van der Waals surface area (Å²) in [5.41, 5.74) is 1.35. The van der Waals surface area contributed by atoms with Crippen LogP contribution in [0.5, 0.6) is 0 Å². The number of sulfonamides is 1. The molecule has 6 nitrogen and oxygen atoms in total. The molecule has 0 spiro atoms. The van der Waals surface area contributed by atoms with Crippen molar-refractivity contribution in [2.24, 2.45) is 0 Å². The van der Waals surface area contributed by atoms with Crippen molar-refractivity contribution in [3.05, 3.63) is 89.2 Å². The third-order valence-corrected chi connectivity index (χ3v) is 5.39. The Morgan fingerprint density at radius 2 is 1.85 bits per heavy atom. The summed E-state index contributed by atoms with van der Waals surface area (Å²) in [5, 5.41) is 3.02. The first kappa shape index (κ1) is 18.9. The fourth-order valence-electron chi connectivity index (χ4n) is 2.34. The van der Waals surface area contributed by atoms with Gasteiger partial charge in [-0.05, 0) is 42.0 Å². The van der Waals surface area contributed by atoms with Crippen LogP contribution >= 0.6 is 11.6 Å². The summed E-state index contributed by atoms with van der Waals surface area (Å²) in [6, 6.07) is 15.9. The fourth-order valence-corrected chi connectivity index (χ4v) is 3.70. The first-order chi connectivity index (χ1) is 13.0. The smallest absolute Gasteiger partial charge is 0.261 e. The quantitative estimate of drug-likeness (QED) is 0.662. The number of hydrogen-bond acceptors (Lipinski definition) is 4. The topological polar surface area (TPSA) is 88.2 Å². The lowest BCUT2D eigenvalue weighted by Crippen LogP contribution is -2.23. The summed E-state index contributed by atoms with van der Waals surface area (Å²) in [5.74, 6) is -0.381. The summed E-state index contributed by atoms with van der Waals surface area (Å²) >= 11 is 6.00. The maximum absolute atomic E-state index is 12.6. The number of aromatic nitrogens is 1. The lowest BCUT2D eigenvalue weighted by atomic mass is 10.2. The maximum Gasteiger partial charge on any atom is 0.261 e. The lowest BCUT2D eigenvalue weighted by molar-refractivity contribution is 0.0950. The third-order valence-electron chi connectivity index (χ3n) is 3.70. The number of halogens is 1. The van der Waals surface area contributed by atoms with Crippen LogP contribution in [0.4, 0.5) is 5.69 Å². The second kappa shape index (κ2) is 8.20. The zero-order valence-corrected chi connectivity index (χ0v) is 15.7. The van der Waals surface area contributed by atoms with Gasteiger partial charge in [0.15, 0.2) is 0 Å². The number of benzene rings is 2. The van der Waals surface area contributed by atoms with Crippen LogP contribution in [0, 0.1) is 0 Å². The number of carbonyl (C=O) groups is 1. The highest BCUT2D eigenvalue weighted by molar-refractivity contribution is 7.92.